The summed E-state index contributed by atoms with van der Waals surface area (Å²) in [6, 6.07) is 0. The first kappa shape index (κ1) is 17.3. The molecule has 2 heteroatoms. The molecule has 0 aromatic heterocycles. The average molecular weight is 280 g/mol. The Labute approximate surface area is 125 Å². The van der Waals surface area contributed by atoms with Crippen LogP contribution in [0.2, 0.25) is 0 Å². The molecule has 2 fully saturated rings. The number of rotatable bonds is 4. The zero-order chi connectivity index (χ0) is 14.5. The molecule has 2 nitrogen and oxygen atoms in total. The highest BCUT2D eigenvalue weighted by Gasteiger charge is 2.71. The second-order valence-corrected chi connectivity index (χ2v) is 7.86. The standard InChI is InChI=1S/C17H28O2.CH4/c1-7-17(9-13(18)19-8-2)11-15(5)10-14(3,4)16(15,6)12-17;/h7H,1,8-12H2,2-6H3;1H4. The molecule has 3 atom stereocenters. The molecule has 0 radical (unpaired) electrons. The highest BCUT2D eigenvalue weighted by Crippen LogP contribution is 2.79. The highest BCUT2D eigenvalue weighted by atomic mass is 16.5. The van der Waals surface area contributed by atoms with Crippen molar-refractivity contribution in [2.75, 3.05) is 6.61 Å². The number of carbonyl (C=O) groups is 1. The van der Waals surface area contributed by atoms with Gasteiger partial charge in [0, 0.05) is 0 Å². The SMILES string of the molecule is C.C=CC1(CC(=O)OCC)CC2(C)CC(C)(C)C2(C)C1. The van der Waals surface area contributed by atoms with Crippen molar-refractivity contribution in [3.63, 3.8) is 0 Å². The molecule has 0 amide bonds. The number of hydrogen-bond donors (Lipinski definition) is 0. The molecule has 2 aliphatic carbocycles. The molecule has 2 rings (SSSR count). The summed E-state index contributed by atoms with van der Waals surface area (Å²) in [5.41, 5.74) is 0.947. The number of allylic oxidation sites excluding steroid dienone is 1. The Morgan fingerprint density at radius 1 is 1.20 bits per heavy atom. The number of carbonyl (C=O) groups excluding carboxylic acids is 1. The van der Waals surface area contributed by atoms with Gasteiger partial charge in [-0.15, -0.1) is 6.58 Å². The topological polar surface area (TPSA) is 26.3 Å². The maximum Gasteiger partial charge on any atom is 0.306 e. The summed E-state index contributed by atoms with van der Waals surface area (Å²) in [4.78, 5) is 11.9. The molecule has 2 aliphatic rings. The highest BCUT2D eigenvalue weighted by molar-refractivity contribution is 5.71. The van der Waals surface area contributed by atoms with Gasteiger partial charge in [0.15, 0.2) is 0 Å². The molecule has 0 N–H and O–H groups in total. The van der Waals surface area contributed by atoms with Gasteiger partial charge in [-0.25, -0.2) is 0 Å². The molecule has 0 heterocycles. The number of ether oxygens (including phenoxy) is 1. The fourth-order valence-corrected chi connectivity index (χ4v) is 5.17. The quantitative estimate of drug-likeness (QED) is 0.536. The molecule has 0 bridgehead atoms. The summed E-state index contributed by atoms with van der Waals surface area (Å²) >= 11 is 0. The molecule has 0 spiro atoms. The van der Waals surface area contributed by atoms with Crippen molar-refractivity contribution in [1.29, 1.82) is 0 Å². The van der Waals surface area contributed by atoms with Crippen LogP contribution in [0.1, 0.15) is 67.7 Å². The molecule has 116 valence electrons. The van der Waals surface area contributed by atoms with E-state index in [-0.39, 0.29) is 18.8 Å². The van der Waals surface area contributed by atoms with Gasteiger partial charge in [-0.1, -0.05) is 41.2 Å². The number of hydrogen-bond acceptors (Lipinski definition) is 2. The van der Waals surface area contributed by atoms with E-state index in [2.05, 4.69) is 34.3 Å². The van der Waals surface area contributed by atoms with Gasteiger partial charge >= 0.3 is 5.97 Å². The van der Waals surface area contributed by atoms with E-state index in [0.29, 0.717) is 29.3 Å². The van der Waals surface area contributed by atoms with Crippen molar-refractivity contribution >= 4 is 5.97 Å². The lowest BCUT2D eigenvalue weighted by Gasteiger charge is -2.64. The second-order valence-electron chi connectivity index (χ2n) is 7.86. The maximum atomic E-state index is 11.9. The molecule has 2 saturated carbocycles. The van der Waals surface area contributed by atoms with Crippen molar-refractivity contribution in [2.45, 2.75) is 67.7 Å². The fourth-order valence-electron chi connectivity index (χ4n) is 5.17. The van der Waals surface area contributed by atoms with Crippen molar-refractivity contribution in [2.24, 2.45) is 21.7 Å². The predicted molar refractivity (Wildman–Crippen MR) is 84.5 cm³/mol. The molecule has 20 heavy (non-hydrogen) atoms. The smallest absolute Gasteiger partial charge is 0.306 e. The summed E-state index contributed by atoms with van der Waals surface area (Å²) in [5.74, 6) is -0.0753. The second kappa shape index (κ2) is 4.89. The average Bonchev–Trinajstić information content (AvgIpc) is 2.45. The van der Waals surface area contributed by atoms with Crippen LogP contribution in [0.15, 0.2) is 12.7 Å². The Morgan fingerprint density at radius 2 is 1.80 bits per heavy atom. The van der Waals surface area contributed by atoms with E-state index < -0.39 is 0 Å². The van der Waals surface area contributed by atoms with Crippen LogP contribution < -0.4 is 0 Å². The van der Waals surface area contributed by atoms with Crippen LogP contribution in [0.5, 0.6) is 0 Å². The molecular weight excluding hydrogens is 248 g/mol. The molecule has 0 saturated heterocycles. The van der Waals surface area contributed by atoms with Gasteiger partial charge in [-0.2, -0.15) is 0 Å². The Morgan fingerprint density at radius 3 is 2.20 bits per heavy atom. The van der Waals surface area contributed by atoms with Gasteiger partial charge in [-0.3, -0.25) is 4.79 Å². The maximum absolute atomic E-state index is 11.9. The fraction of sp³-hybridized carbons (Fsp3) is 0.833. The summed E-state index contributed by atoms with van der Waals surface area (Å²) in [5, 5.41) is 0. The van der Waals surface area contributed by atoms with Crippen LogP contribution >= 0.6 is 0 Å². The van der Waals surface area contributed by atoms with Crippen molar-refractivity contribution in [1.82, 2.24) is 0 Å². The van der Waals surface area contributed by atoms with E-state index in [1.165, 1.54) is 6.42 Å². The Hall–Kier alpha value is -0.790. The minimum atomic E-state index is -0.0753. The zero-order valence-electron chi connectivity index (χ0n) is 13.1. The van der Waals surface area contributed by atoms with Gasteiger partial charge in [0.1, 0.15) is 0 Å². The minimum absolute atomic E-state index is 0. The lowest BCUT2D eigenvalue weighted by atomic mass is 9.40. The normalized spacial score (nSPS) is 41.0. The van der Waals surface area contributed by atoms with Gasteiger partial charge in [0.2, 0.25) is 0 Å². The van der Waals surface area contributed by atoms with E-state index >= 15 is 0 Å². The van der Waals surface area contributed by atoms with Crippen LogP contribution in [0.3, 0.4) is 0 Å². The predicted octanol–water partition coefficient (Wildman–Crippen LogP) is 4.98. The third-order valence-electron chi connectivity index (χ3n) is 6.34. The van der Waals surface area contributed by atoms with E-state index in [1.54, 1.807) is 0 Å². The Bertz CT molecular complexity index is 412. The number of esters is 1. The molecule has 0 aromatic rings. The van der Waals surface area contributed by atoms with E-state index in [1.807, 2.05) is 13.0 Å². The lowest BCUT2D eigenvalue weighted by molar-refractivity contribution is -0.156. The van der Waals surface area contributed by atoms with Crippen LogP contribution in [0.25, 0.3) is 0 Å². The first-order chi connectivity index (χ1) is 8.64. The van der Waals surface area contributed by atoms with Gasteiger partial charge in [0.05, 0.1) is 13.0 Å². The summed E-state index contributed by atoms with van der Waals surface area (Å²) in [6.07, 6.45) is 5.89. The third kappa shape index (κ3) is 2.12. The summed E-state index contributed by atoms with van der Waals surface area (Å²) in [7, 11) is 0. The Balaban J connectivity index is 0.00000200. The first-order valence-corrected chi connectivity index (χ1v) is 7.43. The zero-order valence-corrected chi connectivity index (χ0v) is 13.1. The largest absolute Gasteiger partial charge is 0.466 e. The molecule has 0 aliphatic heterocycles. The van der Waals surface area contributed by atoms with E-state index in [9.17, 15) is 4.79 Å². The van der Waals surface area contributed by atoms with Gasteiger partial charge in [-0.05, 0) is 47.8 Å². The molecular formula is C18H32O2. The molecule has 0 aromatic carbocycles. The third-order valence-corrected chi connectivity index (χ3v) is 6.34. The monoisotopic (exact) mass is 280 g/mol. The van der Waals surface area contributed by atoms with Crippen LogP contribution in [0.4, 0.5) is 0 Å². The van der Waals surface area contributed by atoms with Crippen LogP contribution in [-0.2, 0) is 9.53 Å². The first-order valence-electron chi connectivity index (χ1n) is 7.43. The Kier molecular flexibility index (Phi) is 4.22. The van der Waals surface area contributed by atoms with Crippen molar-refractivity contribution in [3.8, 4) is 0 Å². The molecule has 3 unspecified atom stereocenters. The van der Waals surface area contributed by atoms with Crippen molar-refractivity contribution < 1.29 is 9.53 Å². The lowest BCUT2D eigenvalue weighted by Crippen LogP contribution is -2.57. The van der Waals surface area contributed by atoms with Crippen LogP contribution in [0, 0.1) is 21.7 Å². The van der Waals surface area contributed by atoms with Gasteiger partial charge in [0.25, 0.3) is 0 Å². The van der Waals surface area contributed by atoms with Crippen molar-refractivity contribution in [3.05, 3.63) is 12.7 Å². The summed E-state index contributed by atoms with van der Waals surface area (Å²) < 4.78 is 5.15. The van der Waals surface area contributed by atoms with Crippen LogP contribution in [-0.4, -0.2) is 12.6 Å². The summed E-state index contributed by atoms with van der Waals surface area (Å²) in [6.45, 7) is 15.9. The van der Waals surface area contributed by atoms with E-state index in [4.69, 9.17) is 4.74 Å². The minimum Gasteiger partial charge on any atom is -0.466 e. The van der Waals surface area contributed by atoms with Gasteiger partial charge < -0.3 is 4.74 Å². The number of fused-ring (bicyclic) bond motifs is 1. The van der Waals surface area contributed by atoms with E-state index in [0.717, 1.165) is 12.8 Å².